The van der Waals surface area contributed by atoms with Gasteiger partial charge in [0.1, 0.15) is 0 Å². The van der Waals surface area contributed by atoms with E-state index in [0.717, 1.165) is 24.6 Å². The molecule has 14 heavy (non-hydrogen) atoms. The predicted octanol–water partition coefficient (Wildman–Crippen LogP) is 1.21. The lowest BCUT2D eigenvalue weighted by Crippen LogP contribution is -2.31. The summed E-state index contributed by atoms with van der Waals surface area (Å²) in [6, 6.07) is 1.88. The van der Waals surface area contributed by atoms with Gasteiger partial charge in [0.05, 0.1) is 0 Å². The van der Waals surface area contributed by atoms with E-state index in [9.17, 15) is 0 Å². The third-order valence-electron chi connectivity index (χ3n) is 2.85. The van der Waals surface area contributed by atoms with Crippen molar-refractivity contribution in [3.05, 3.63) is 24.0 Å². The van der Waals surface area contributed by atoms with Gasteiger partial charge in [-0.1, -0.05) is 0 Å². The maximum absolute atomic E-state index is 5.88. The van der Waals surface area contributed by atoms with Gasteiger partial charge < -0.3 is 11.1 Å². The zero-order chi connectivity index (χ0) is 9.80. The van der Waals surface area contributed by atoms with Crippen LogP contribution in [0.1, 0.15) is 18.4 Å². The second kappa shape index (κ2) is 4.42. The van der Waals surface area contributed by atoms with Crippen LogP contribution in [0.4, 0.5) is 5.69 Å². The SMILES string of the molecule is Nc1ccncc1CC1CCCNC1. The first kappa shape index (κ1) is 9.46. The van der Waals surface area contributed by atoms with Crippen LogP contribution in [-0.2, 0) is 6.42 Å². The highest BCUT2D eigenvalue weighted by Crippen LogP contribution is 2.19. The molecule has 0 amide bonds. The lowest BCUT2D eigenvalue weighted by atomic mass is 9.92. The number of anilines is 1. The van der Waals surface area contributed by atoms with Crippen molar-refractivity contribution in [3.8, 4) is 0 Å². The number of nitrogen functional groups attached to an aromatic ring is 1. The predicted molar refractivity (Wildman–Crippen MR) is 57.9 cm³/mol. The summed E-state index contributed by atoms with van der Waals surface area (Å²) in [5.41, 5.74) is 7.95. The largest absolute Gasteiger partial charge is 0.398 e. The standard InChI is InChI=1S/C11H17N3/c12-11-3-5-14-8-10(11)6-9-2-1-4-13-7-9/h3,5,8-9,13H,1-2,4,6-7H2,(H2,12,14). The summed E-state index contributed by atoms with van der Waals surface area (Å²) in [6.45, 7) is 2.29. The second-order valence-corrected chi connectivity index (χ2v) is 3.99. The van der Waals surface area contributed by atoms with Gasteiger partial charge >= 0.3 is 0 Å². The molecular weight excluding hydrogens is 174 g/mol. The van der Waals surface area contributed by atoms with E-state index in [1.807, 2.05) is 12.3 Å². The van der Waals surface area contributed by atoms with Crippen LogP contribution in [0.25, 0.3) is 0 Å². The summed E-state index contributed by atoms with van der Waals surface area (Å²) < 4.78 is 0. The van der Waals surface area contributed by atoms with Gasteiger partial charge in [-0.05, 0) is 49.9 Å². The number of nitrogens with zero attached hydrogens (tertiary/aromatic N) is 1. The first-order valence-electron chi connectivity index (χ1n) is 5.25. The molecule has 0 aromatic carbocycles. The number of hydrogen-bond acceptors (Lipinski definition) is 3. The smallest absolute Gasteiger partial charge is 0.0377 e. The minimum atomic E-state index is 0.732. The van der Waals surface area contributed by atoms with Crippen LogP contribution in [0.15, 0.2) is 18.5 Å². The fourth-order valence-corrected chi connectivity index (χ4v) is 2.02. The Morgan fingerprint density at radius 3 is 3.21 bits per heavy atom. The van der Waals surface area contributed by atoms with Gasteiger partial charge in [0.15, 0.2) is 0 Å². The minimum absolute atomic E-state index is 0.732. The minimum Gasteiger partial charge on any atom is -0.398 e. The van der Waals surface area contributed by atoms with E-state index in [1.54, 1.807) is 6.20 Å². The normalized spacial score (nSPS) is 22.1. The summed E-state index contributed by atoms with van der Waals surface area (Å²) >= 11 is 0. The van der Waals surface area contributed by atoms with Gasteiger partial charge in [0.25, 0.3) is 0 Å². The molecule has 2 rings (SSSR count). The van der Waals surface area contributed by atoms with Crippen molar-refractivity contribution in [2.75, 3.05) is 18.8 Å². The zero-order valence-corrected chi connectivity index (χ0v) is 8.37. The van der Waals surface area contributed by atoms with E-state index in [-0.39, 0.29) is 0 Å². The van der Waals surface area contributed by atoms with Crippen molar-refractivity contribution in [3.63, 3.8) is 0 Å². The molecule has 3 nitrogen and oxygen atoms in total. The summed E-state index contributed by atoms with van der Waals surface area (Å²) in [4.78, 5) is 4.11. The Morgan fingerprint density at radius 2 is 2.50 bits per heavy atom. The van der Waals surface area contributed by atoms with E-state index >= 15 is 0 Å². The fourth-order valence-electron chi connectivity index (χ4n) is 2.02. The molecule has 1 aliphatic rings. The molecule has 0 saturated carbocycles. The molecule has 3 N–H and O–H groups in total. The summed E-state index contributed by atoms with van der Waals surface area (Å²) in [7, 11) is 0. The van der Waals surface area contributed by atoms with E-state index in [0.29, 0.717) is 0 Å². The van der Waals surface area contributed by atoms with Crippen molar-refractivity contribution >= 4 is 5.69 Å². The van der Waals surface area contributed by atoms with E-state index in [2.05, 4.69) is 10.3 Å². The third kappa shape index (κ3) is 2.23. The lowest BCUT2D eigenvalue weighted by Gasteiger charge is -2.22. The highest BCUT2D eigenvalue weighted by atomic mass is 14.9. The van der Waals surface area contributed by atoms with Gasteiger partial charge in [-0.25, -0.2) is 0 Å². The molecule has 0 spiro atoms. The van der Waals surface area contributed by atoms with Crippen molar-refractivity contribution < 1.29 is 0 Å². The van der Waals surface area contributed by atoms with Gasteiger partial charge in [0.2, 0.25) is 0 Å². The van der Waals surface area contributed by atoms with E-state index < -0.39 is 0 Å². The summed E-state index contributed by atoms with van der Waals surface area (Å²) in [6.07, 6.45) is 7.29. The number of hydrogen-bond donors (Lipinski definition) is 2. The molecule has 0 bridgehead atoms. The number of piperidine rings is 1. The summed E-state index contributed by atoms with van der Waals surface area (Å²) in [5.74, 6) is 0.732. The number of aromatic nitrogens is 1. The van der Waals surface area contributed by atoms with Crippen LogP contribution < -0.4 is 11.1 Å². The van der Waals surface area contributed by atoms with Gasteiger partial charge in [0, 0.05) is 18.1 Å². The first-order valence-corrected chi connectivity index (χ1v) is 5.25. The quantitative estimate of drug-likeness (QED) is 0.738. The molecule has 0 radical (unpaired) electrons. The molecule has 1 fully saturated rings. The van der Waals surface area contributed by atoms with Crippen molar-refractivity contribution in [1.29, 1.82) is 0 Å². The topological polar surface area (TPSA) is 50.9 Å². The summed E-state index contributed by atoms with van der Waals surface area (Å²) in [5, 5.41) is 3.41. The maximum Gasteiger partial charge on any atom is 0.0377 e. The van der Waals surface area contributed by atoms with Crippen LogP contribution in [0.3, 0.4) is 0 Å². The van der Waals surface area contributed by atoms with Crippen LogP contribution >= 0.6 is 0 Å². The Bertz CT molecular complexity index is 292. The van der Waals surface area contributed by atoms with Crippen LogP contribution in [0, 0.1) is 5.92 Å². The van der Waals surface area contributed by atoms with Gasteiger partial charge in [-0.3, -0.25) is 4.98 Å². The number of nitrogens with two attached hydrogens (primary N) is 1. The molecule has 1 aromatic rings. The number of pyridine rings is 1. The Kier molecular flexibility index (Phi) is 2.99. The third-order valence-corrected chi connectivity index (χ3v) is 2.85. The van der Waals surface area contributed by atoms with E-state index in [4.69, 9.17) is 5.73 Å². The Morgan fingerprint density at radius 1 is 1.57 bits per heavy atom. The highest BCUT2D eigenvalue weighted by Gasteiger charge is 2.14. The first-order chi connectivity index (χ1) is 6.86. The molecule has 1 unspecified atom stereocenters. The molecular formula is C11H17N3. The Hall–Kier alpha value is -1.09. The zero-order valence-electron chi connectivity index (χ0n) is 8.37. The molecule has 1 atom stereocenters. The molecule has 0 aliphatic carbocycles. The number of rotatable bonds is 2. The van der Waals surface area contributed by atoms with Crippen molar-refractivity contribution in [1.82, 2.24) is 10.3 Å². The fraction of sp³-hybridized carbons (Fsp3) is 0.545. The van der Waals surface area contributed by atoms with Gasteiger partial charge in [-0.2, -0.15) is 0 Å². The average Bonchev–Trinajstić information content (AvgIpc) is 2.23. The molecule has 1 aliphatic heterocycles. The Balaban J connectivity index is 1.99. The van der Waals surface area contributed by atoms with Crippen molar-refractivity contribution in [2.24, 2.45) is 5.92 Å². The Labute approximate surface area is 84.7 Å². The van der Waals surface area contributed by atoms with Gasteiger partial charge in [-0.15, -0.1) is 0 Å². The van der Waals surface area contributed by atoms with Crippen molar-refractivity contribution in [2.45, 2.75) is 19.3 Å². The lowest BCUT2D eigenvalue weighted by molar-refractivity contribution is 0.376. The van der Waals surface area contributed by atoms with Crippen LogP contribution in [-0.4, -0.2) is 18.1 Å². The number of nitrogens with one attached hydrogen (secondary N) is 1. The second-order valence-electron chi connectivity index (χ2n) is 3.99. The maximum atomic E-state index is 5.88. The molecule has 76 valence electrons. The van der Waals surface area contributed by atoms with Crippen LogP contribution in [0.2, 0.25) is 0 Å². The molecule has 2 heterocycles. The highest BCUT2D eigenvalue weighted by molar-refractivity contribution is 5.44. The van der Waals surface area contributed by atoms with E-state index in [1.165, 1.54) is 24.9 Å². The molecule has 1 saturated heterocycles. The monoisotopic (exact) mass is 191 g/mol. The average molecular weight is 191 g/mol. The molecule has 1 aromatic heterocycles. The van der Waals surface area contributed by atoms with Crippen LogP contribution in [0.5, 0.6) is 0 Å². The molecule has 3 heteroatoms.